The number of carbonyl (C=O) groups excluding carboxylic acids is 1. The minimum absolute atomic E-state index is 0.0383. The molecule has 4 nitrogen and oxygen atoms in total. The number of hydrogen-bond acceptors (Lipinski definition) is 4. The van der Waals surface area contributed by atoms with Gasteiger partial charge in [0.1, 0.15) is 0 Å². The number of piperidine rings is 1. The Hall–Kier alpha value is -0.610. The number of carbonyl (C=O) groups is 1. The van der Waals surface area contributed by atoms with Crippen LogP contribution in [0.25, 0.3) is 0 Å². The van der Waals surface area contributed by atoms with Gasteiger partial charge < -0.3 is 9.64 Å². The van der Waals surface area contributed by atoms with Gasteiger partial charge in [-0.25, -0.2) is 0 Å². The molecule has 0 aliphatic carbocycles. The van der Waals surface area contributed by atoms with Crippen molar-refractivity contribution in [3.63, 3.8) is 0 Å². The van der Waals surface area contributed by atoms with E-state index in [0.717, 1.165) is 25.4 Å². The molecule has 0 aromatic heterocycles. The molecule has 1 atom stereocenters. The van der Waals surface area contributed by atoms with Crippen LogP contribution >= 0.6 is 0 Å². The number of rotatable bonds is 7. The number of hydrogen-bond donors (Lipinski definition) is 0. The van der Waals surface area contributed by atoms with Crippen molar-refractivity contribution >= 4 is 5.97 Å². The molecule has 22 heavy (non-hydrogen) atoms. The summed E-state index contributed by atoms with van der Waals surface area (Å²) in [5, 5.41) is 0. The molecule has 2 saturated heterocycles. The smallest absolute Gasteiger partial charge is 0.305 e. The number of ether oxygens (including phenoxy) is 1. The molecule has 2 aliphatic rings. The summed E-state index contributed by atoms with van der Waals surface area (Å²) in [5.41, 5.74) is 0. The van der Waals surface area contributed by atoms with Crippen molar-refractivity contribution in [2.45, 2.75) is 70.8 Å². The highest BCUT2D eigenvalue weighted by Gasteiger charge is 2.25. The minimum Gasteiger partial charge on any atom is -0.466 e. The van der Waals surface area contributed by atoms with Crippen LogP contribution in [0.4, 0.5) is 0 Å². The van der Waals surface area contributed by atoms with E-state index in [4.69, 9.17) is 4.74 Å². The molecule has 0 saturated carbocycles. The second-order valence-electron chi connectivity index (χ2n) is 6.81. The molecule has 0 amide bonds. The first-order valence-corrected chi connectivity index (χ1v) is 9.41. The fourth-order valence-corrected chi connectivity index (χ4v) is 3.83. The Morgan fingerprint density at radius 3 is 2.55 bits per heavy atom. The minimum atomic E-state index is -0.0383. The van der Waals surface area contributed by atoms with E-state index in [1.54, 1.807) is 0 Å². The van der Waals surface area contributed by atoms with E-state index < -0.39 is 0 Å². The second kappa shape index (κ2) is 10.2. The van der Waals surface area contributed by atoms with Crippen molar-refractivity contribution in [3.05, 3.63) is 0 Å². The van der Waals surface area contributed by atoms with Gasteiger partial charge >= 0.3 is 5.97 Å². The fourth-order valence-electron chi connectivity index (χ4n) is 3.83. The van der Waals surface area contributed by atoms with Crippen molar-refractivity contribution < 1.29 is 9.53 Å². The van der Waals surface area contributed by atoms with Crippen LogP contribution in [0.15, 0.2) is 0 Å². The van der Waals surface area contributed by atoms with Crippen molar-refractivity contribution in [1.82, 2.24) is 9.80 Å². The van der Waals surface area contributed by atoms with E-state index in [0.29, 0.717) is 13.0 Å². The van der Waals surface area contributed by atoms with Crippen LogP contribution < -0.4 is 0 Å². The van der Waals surface area contributed by atoms with Gasteiger partial charge in [-0.2, -0.15) is 0 Å². The van der Waals surface area contributed by atoms with Gasteiger partial charge in [0, 0.05) is 19.0 Å². The predicted molar refractivity (Wildman–Crippen MR) is 90.0 cm³/mol. The third-order valence-corrected chi connectivity index (χ3v) is 5.05. The molecular formula is C18H34N2O2. The van der Waals surface area contributed by atoms with Crippen molar-refractivity contribution in [2.24, 2.45) is 0 Å². The molecule has 0 unspecified atom stereocenters. The summed E-state index contributed by atoms with van der Waals surface area (Å²) in [6.45, 7) is 8.60. The summed E-state index contributed by atoms with van der Waals surface area (Å²) in [6, 6.07) is 0.775. The van der Waals surface area contributed by atoms with Gasteiger partial charge in [-0.3, -0.25) is 9.69 Å². The predicted octanol–water partition coefficient (Wildman–Crippen LogP) is 3.06. The maximum atomic E-state index is 11.3. The lowest BCUT2D eigenvalue weighted by atomic mass is 10.0. The zero-order valence-corrected chi connectivity index (χ0v) is 14.4. The first-order chi connectivity index (χ1) is 10.8. The Bertz CT molecular complexity index is 314. The van der Waals surface area contributed by atoms with E-state index in [1.807, 2.05) is 6.92 Å². The Kier molecular flexibility index (Phi) is 8.24. The third kappa shape index (κ3) is 6.25. The molecule has 0 aromatic rings. The maximum Gasteiger partial charge on any atom is 0.305 e. The second-order valence-corrected chi connectivity index (χ2v) is 6.81. The van der Waals surface area contributed by atoms with E-state index in [9.17, 15) is 4.79 Å². The number of likely N-dealkylation sites (tertiary alicyclic amines) is 2. The van der Waals surface area contributed by atoms with Crippen LogP contribution in [0.3, 0.4) is 0 Å². The standard InChI is InChI=1S/C18H34N2O2/c1-2-22-18(21)11-5-8-12-19-13-9-10-17(16-19)20-14-6-3-4-7-15-20/h17H,2-16H2,1H3/t17-/m0/s1. The van der Waals surface area contributed by atoms with Crippen molar-refractivity contribution in [2.75, 3.05) is 39.3 Å². The van der Waals surface area contributed by atoms with E-state index in [-0.39, 0.29) is 5.97 Å². The molecule has 2 aliphatic heterocycles. The first-order valence-electron chi connectivity index (χ1n) is 9.41. The number of unbranched alkanes of at least 4 members (excludes halogenated alkanes) is 1. The average Bonchev–Trinajstić information content (AvgIpc) is 2.81. The SMILES string of the molecule is CCOC(=O)CCCCN1CCC[C@H](N2CCCCCC2)C1. The molecule has 128 valence electrons. The highest BCUT2D eigenvalue weighted by molar-refractivity contribution is 5.69. The zero-order chi connectivity index (χ0) is 15.6. The molecule has 0 bridgehead atoms. The van der Waals surface area contributed by atoms with Crippen LogP contribution in [0.2, 0.25) is 0 Å². The van der Waals surface area contributed by atoms with Crippen LogP contribution in [-0.4, -0.2) is 61.1 Å². The number of esters is 1. The van der Waals surface area contributed by atoms with E-state index in [2.05, 4.69) is 9.80 Å². The fraction of sp³-hybridized carbons (Fsp3) is 0.944. The quantitative estimate of drug-likeness (QED) is 0.534. The molecule has 2 rings (SSSR count). The van der Waals surface area contributed by atoms with Crippen LogP contribution in [0.5, 0.6) is 0 Å². The highest BCUT2D eigenvalue weighted by Crippen LogP contribution is 2.20. The van der Waals surface area contributed by atoms with Crippen LogP contribution in [-0.2, 0) is 9.53 Å². The molecule has 0 aromatic carbocycles. The summed E-state index contributed by atoms with van der Waals surface area (Å²) in [4.78, 5) is 16.7. The largest absolute Gasteiger partial charge is 0.466 e. The lowest BCUT2D eigenvalue weighted by Crippen LogP contribution is -2.48. The number of nitrogens with zero attached hydrogens (tertiary/aromatic N) is 2. The monoisotopic (exact) mass is 310 g/mol. The lowest BCUT2D eigenvalue weighted by Gasteiger charge is -2.39. The molecule has 0 spiro atoms. The summed E-state index contributed by atoms with van der Waals surface area (Å²) >= 11 is 0. The third-order valence-electron chi connectivity index (χ3n) is 5.05. The summed E-state index contributed by atoms with van der Waals surface area (Å²) in [5.74, 6) is -0.0383. The molecule has 2 heterocycles. The Morgan fingerprint density at radius 1 is 1.05 bits per heavy atom. The molecule has 4 heteroatoms. The lowest BCUT2D eigenvalue weighted by molar-refractivity contribution is -0.143. The van der Waals surface area contributed by atoms with Crippen LogP contribution in [0.1, 0.15) is 64.7 Å². The summed E-state index contributed by atoms with van der Waals surface area (Å²) < 4.78 is 4.98. The first kappa shape index (κ1) is 17.7. The van der Waals surface area contributed by atoms with Gasteiger partial charge in [0.2, 0.25) is 0 Å². The topological polar surface area (TPSA) is 32.8 Å². The molecule has 0 N–H and O–H groups in total. The van der Waals surface area contributed by atoms with Gasteiger partial charge in [-0.05, 0) is 71.6 Å². The highest BCUT2D eigenvalue weighted by atomic mass is 16.5. The summed E-state index contributed by atoms with van der Waals surface area (Å²) in [7, 11) is 0. The van der Waals surface area contributed by atoms with E-state index in [1.165, 1.54) is 64.7 Å². The average molecular weight is 310 g/mol. The Morgan fingerprint density at radius 2 is 1.82 bits per heavy atom. The Labute approximate surface area is 136 Å². The van der Waals surface area contributed by atoms with Crippen LogP contribution in [0, 0.1) is 0 Å². The van der Waals surface area contributed by atoms with Gasteiger partial charge in [-0.1, -0.05) is 12.8 Å². The summed E-state index contributed by atoms with van der Waals surface area (Å²) in [6.07, 6.45) is 11.0. The van der Waals surface area contributed by atoms with Gasteiger partial charge in [0.05, 0.1) is 6.61 Å². The van der Waals surface area contributed by atoms with E-state index >= 15 is 0 Å². The van der Waals surface area contributed by atoms with Gasteiger partial charge in [0.25, 0.3) is 0 Å². The molecule has 0 radical (unpaired) electrons. The Balaban J connectivity index is 1.63. The van der Waals surface area contributed by atoms with Gasteiger partial charge in [0.15, 0.2) is 0 Å². The maximum absolute atomic E-state index is 11.3. The zero-order valence-electron chi connectivity index (χ0n) is 14.4. The molecular weight excluding hydrogens is 276 g/mol. The van der Waals surface area contributed by atoms with Crippen molar-refractivity contribution in [1.29, 1.82) is 0 Å². The normalized spacial score (nSPS) is 24.9. The van der Waals surface area contributed by atoms with Crippen molar-refractivity contribution in [3.8, 4) is 0 Å². The molecule has 2 fully saturated rings. The van der Waals surface area contributed by atoms with Gasteiger partial charge in [-0.15, -0.1) is 0 Å².